The fourth-order valence-corrected chi connectivity index (χ4v) is 0.437. The highest BCUT2D eigenvalue weighted by atomic mass is 19.3. The van der Waals surface area contributed by atoms with Gasteiger partial charge < -0.3 is 0 Å². The Morgan fingerprint density at radius 2 is 1.70 bits per heavy atom. The maximum atomic E-state index is 11.8. The van der Waals surface area contributed by atoms with Gasteiger partial charge in [0.15, 0.2) is 0 Å². The molecule has 0 fully saturated rings. The van der Waals surface area contributed by atoms with Gasteiger partial charge in [-0.1, -0.05) is 13.8 Å². The molecule has 0 aliphatic heterocycles. The van der Waals surface area contributed by atoms with E-state index in [4.69, 9.17) is 0 Å². The SMILES string of the molecule is CC.CC(=O)CC(C)(F)F. The lowest BCUT2D eigenvalue weighted by Crippen LogP contribution is -2.13. The highest BCUT2D eigenvalue weighted by Crippen LogP contribution is 2.15. The number of ketones is 1. The molecule has 0 aromatic rings. The Bertz CT molecular complexity index is 94.3. The van der Waals surface area contributed by atoms with Crippen LogP contribution in [0.3, 0.4) is 0 Å². The maximum absolute atomic E-state index is 11.8. The average Bonchev–Trinajstić information content (AvgIpc) is 1.64. The minimum absolute atomic E-state index is 0.475. The first-order chi connectivity index (χ1) is 4.42. The second kappa shape index (κ2) is 5.33. The summed E-state index contributed by atoms with van der Waals surface area (Å²) in [5, 5.41) is 0. The lowest BCUT2D eigenvalue weighted by molar-refractivity contribution is -0.123. The fraction of sp³-hybridized carbons (Fsp3) is 0.857. The zero-order valence-corrected chi connectivity index (χ0v) is 6.87. The summed E-state index contributed by atoms with van der Waals surface area (Å²) in [4.78, 5) is 9.98. The number of carbonyl (C=O) groups excluding carboxylic acids is 1. The molecule has 1 nitrogen and oxygen atoms in total. The van der Waals surface area contributed by atoms with Crippen LogP contribution in [0.1, 0.15) is 34.1 Å². The normalized spacial score (nSPS) is 9.80. The van der Waals surface area contributed by atoms with E-state index in [2.05, 4.69) is 0 Å². The highest BCUT2D eigenvalue weighted by Gasteiger charge is 2.22. The third-order valence-corrected chi connectivity index (χ3v) is 0.559. The predicted octanol–water partition coefficient (Wildman–Crippen LogP) is 2.65. The molecule has 0 saturated carbocycles. The van der Waals surface area contributed by atoms with Crippen LogP contribution in [0.2, 0.25) is 0 Å². The van der Waals surface area contributed by atoms with Crippen molar-refractivity contribution >= 4 is 5.78 Å². The van der Waals surface area contributed by atoms with E-state index < -0.39 is 18.1 Å². The van der Waals surface area contributed by atoms with Gasteiger partial charge in [0.1, 0.15) is 5.78 Å². The van der Waals surface area contributed by atoms with Crippen molar-refractivity contribution in [3.63, 3.8) is 0 Å². The molecule has 0 radical (unpaired) electrons. The van der Waals surface area contributed by atoms with Crippen molar-refractivity contribution in [3.8, 4) is 0 Å². The van der Waals surface area contributed by atoms with Gasteiger partial charge in [-0.25, -0.2) is 8.78 Å². The van der Waals surface area contributed by atoms with Crippen LogP contribution in [-0.4, -0.2) is 11.7 Å². The van der Waals surface area contributed by atoms with Crippen LogP contribution < -0.4 is 0 Å². The first kappa shape index (κ1) is 12.2. The number of Topliss-reactive ketones (excluding diaryl/α,β-unsaturated/α-hetero) is 1. The van der Waals surface area contributed by atoms with Crippen molar-refractivity contribution in [1.82, 2.24) is 0 Å². The van der Waals surface area contributed by atoms with E-state index in [1.807, 2.05) is 13.8 Å². The van der Waals surface area contributed by atoms with Crippen LogP contribution >= 0.6 is 0 Å². The predicted molar refractivity (Wildman–Crippen MR) is 37.3 cm³/mol. The number of alkyl halides is 2. The first-order valence-electron chi connectivity index (χ1n) is 3.29. The van der Waals surface area contributed by atoms with Crippen molar-refractivity contribution in [2.24, 2.45) is 0 Å². The monoisotopic (exact) mass is 152 g/mol. The number of hydrogen-bond donors (Lipinski definition) is 0. The molecule has 0 atom stereocenters. The van der Waals surface area contributed by atoms with E-state index in [0.717, 1.165) is 13.8 Å². The molecular weight excluding hydrogens is 138 g/mol. The van der Waals surface area contributed by atoms with Crippen molar-refractivity contribution in [1.29, 1.82) is 0 Å². The molecule has 0 aliphatic rings. The molecule has 0 heterocycles. The van der Waals surface area contributed by atoms with Gasteiger partial charge in [-0.2, -0.15) is 0 Å². The summed E-state index contributed by atoms with van der Waals surface area (Å²) in [5.74, 6) is -3.30. The minimum atomic E-state index is -2.83. The molecule has 10 heavy (non-hydrogen) atoms. The van der Waals surface area contributed by atoms with Gasteiger partial charge in [-0.05, 0) is 13.8 Å². The molecule has 0 amide bonds. The van der Waals surface area contributed by atoms with Crippen LogP contribution in [0.25, 0.3) is 0 Å². The smallest absolute Gasteiger partial charge is 0.252 e. The van der Waals surface area contributed by atoms with Gasteiger partial charge in [-0.3, -0.25) is 4.79 Å². The Morgan fingerprint density at radius 1 is 1.40 bits per heavy atom. The summed E-state index contributed by atoms with van der Waals surface area (Å²) < 4.78 is 23.5. The third kappa shape index (κ3) is 15.6. The molecule has 0 aliphatic carbocycles. The van der Waals surface area contributed by atoms with Gasteiger partial charge >= 0.3 is 0 Å². The molecule has 3 heteroatoms. The molecular formula is C7H14F2O. The van der Waals surface area contributed by atoms with E-state index in [-0.39, 0.29) is 0 Å². The molecule has 0 rings (SSSR count). The number of halogens is 2. The van der Waals surface area contributed by atoms with Gasteiger partial charge in [0.05, 0.1) is 6.42 Å². The van der Waals surface area contributed by atoms with Gasteiger partial charge in [0, 0.05) is 0 Å². The third-order valence-electron chi connectivity index (χ3n) is 0.559. The Kier molecular flexibility index (Phi) is 6.51. The van der Waals surface area contributed by atoms with Crippen LogP contribution in [0.4, 0.5) is 8.78 Å². The quantitative estimate of drug-likeness (QED) is 0.594. The molecule has 0 bridgehead atoms. The Labute approximate surface area is 60.4 Å². The molecule has 0 aromatic heterocycles. The summed E-state index contributed by atoms with van der Waals surface area (Å²) in [7, 11) is 0. The lowest BCUT2D eigenvalue weighted by Gasteiger charge is -2.04. The maximum Gasteiger partial charge on any atom is 0.252 e. The summed E-state index contributed by atoms with van der Waals surface area (Å²) in [6.45, 7) is 5.88. The van der Waals surface area contributed by atoms with E-state index in [1.165, 1.54) is 0 Å². The molecule has 0 saturated heterocycles. The van der Waals surface area contributed by atoms with Crippen LogP contribution in [0.5, 0.6) is 0 Å². The summed E-state index contributed by atoms with van der Waals surface area (Å²) >= 11 is 0. The molecule has 0 N–H and O–H groups in total. The van der Waals surface area contributed by atoms with Crippen LogP contribution in [0, 0.1) is 0 Å². The second-order valence-electron chi connectivity index (χ2n) is 1.95. The Balaban J connectivity index is 0. The Hall–Kier alpha value is -0.470. The molecule has 0 unspecified atom stereocenters. The zero-order chi connectivity index (χ0) is 8.78. The number of hydrogen-bond acceptors (Lipinski definition) is 1. The largest absolute Gasteiger partial charge is 0.300 e. The Morgan fingerprint density at radius 3 is 1.70 bits per heavy atom. The van der Waals surface area contributed by atoms with E-state index in [0.29, 0.717) is 0 Å². The zero-order valence-electron chi connectivity index (χ0n) is 6.87. The van der Waals surface area contributed by atoms with Gasteiger partial charge in [-0.15, -0.1) is 0 Å². The van der Waals surface area contributed by atoms with E-state index in [1.54, 1.807) is 0 Å². The first-order valence-corrected chi connectivity index (χ1v) is 3.29. The van der Waals surface area contributed by atoms with Crippen molar-refractivity contribution in [3.05, 3.63) is 0 Å². The number of carbonyl (C=O) groups is 1. The summed E-state index contributed by atoms with van der Waals surface area (Å²) in [6, 6.07) is 0. The van der Waals surface area contributed by atoms with Crippen molar-refractivity contribution in [2.75, 3.05) is 0 Å². The van der Waals surface area contributed by atoms with Crippen LogP contribution in [-0.2, 0) is 4.79 Å². The minimum Gasteiger partial charge on any atom is -0.300 e. The highest BCUT2D eigenvalue weighted by molar-refractivity contribution is 5.76. The standard InChI is InChI=1S/C5H8F2O.C2H6/c1-4(8)3-5(2,6)7;1-2/h3H2,1-2H3;1-2H3. The molecule has 62 valence electrons. The second-order valence-corrected chi connectivity index (χ2v) is 1.95. The van der Waals surface area contributed by atoms with Crippen molar-refractivity contribution < 1.29 is 13.6 Å². The number of rotatable bonds is 2. The average molecular weight is 152 g/mol. The van der Waals surface area contributed by atoms with Gasteiger partial charge in [0.2, 0.25) is 0 Å². The summed E-state index contributed by atoms with van der Waals surface area (Å²) in [6.07, 6.45) is -0.646. The van der Waals surface area contributed by atoms with Crippen LogP contribution in [0.15, 0.2) is 0 Å². The van der Waals surface area contributed by atoms with E-state index in [9.17, 15) is 13.6 Å². The summed E-state index contributed by atoms with van der Waals surface area (Å²) in [5.41, 5.74) is 0. The fourth-order valence-electron chi connectivity index (χ4n) is 0.437. The van der Waals surface area contributed by atoms with Gasteiger partial charge in [0.25, 0.3) is 5.92 Å². The topological polar surface area (TPSA) is 17.1 Å². The van der Waals surface area contributed by atoms with Crippen molar-refractivity contribution in [2.45, 2.75) is 40.0 Å². The van der Waals surface area contributed by atoms with E-state index >= 15 is 0 Å². The molecule has 0 spiro atoms. The molecule has 0 aromatic carbocycles. The lowest BCUT2D eigenvalue weighted by atomic mass is 10.2.